The number of aryl methyl sites for hydroxylation is 2. The van der Waals surface area contributed by atoms with Gasteiger partial charge < -0.3 is 0 Å². The average Bonchev–Trinajstić information content (AvgIpc) is 2.61. The van der Waals surface area contributed by atoms with Crippen LogP contribution in [0.5, 0.6) is 0 Å². The molecule has 0 aliphatic heterocycles. The summed E-state index contributed by atoms with van der Waals surface area (Å²) in [6.45, 7) is 6.52. The zero-order valence-corrected chi connectivity index (χ0v) is 14.2. The highest BCUT2D eigenvalue weighted by Gasteiger charge is 2.29. The van der Waals surface area contributed by atoms with Gasteiger partial charge in [-0.25, -0.2) is 0 Å². The Kier molecular flexibility index (Phi) is 6.19. The second-order valence-electron chi connectivity index (χ2n) is 5.24. The van der Waals surface area contributed by atoms with Crippen molar-refractivity contribution < 1.29 is 0 Å². The van der Waals surface area contributed by atoms with Gasteiger partial charge in [0, 0.05) is 12.9 Å². The van der Waals surface area contributed by atoms with E-state index in [0.29, 0.717) is 0 Å². The fraction of sp³-hybridized carbons (Fsp3) is 0.786. The number of aromatic nitrogens is 2. The van der Waals surface area contributed by atoms with Crippen LogP contribution in [0.1, 0.15) is 50.9 Å². The standard InChI is InChI=1S/C14H24BrClN2/c1-5-7-8-14(6-2,10-16)9-12-13(15)11(3)17-18(12)4/h5-10H2,1-4H3. The number of rotatable bonds is 7. The zero-order valence-electron chi connectivity index (χ0n) is 11.9. The highest BCUT2D eigenvalue weighted by Crippen LogP contribution is 2.36. The largest absolute Gasteiger partial charge is 0.271 e. The summed E-state index contributed by atoms with van der Waals surface area (Å²) >= 11 is 9.93. The molecule has 0 bridgehead atoms. The second kappa shape index (κ2) is 6.95. The van der Waals surface area contributed by atoms with Gasteiger partial charge in [0.1, 0.15) is 0 Å². The van der Waals surface area contributed by atoms with Gasteiger partial charge >= 0.3 is 0 Å². The first-order valence-corrected chi connectivity index (χ1v) is 8.06. The quantitative estimate of drug-likeness (QED) is 0.651. The van der Waals surface area contributed by atoms with E-state index >= 15 is 0 Å². The summed E-state index contributed by atoms with van der Waals surface area (Å²) < 4.78 is 3.13. The molecule has 0 amide bonds. The molecule has 1 unspecified atom stereocenters. The van der Waals surface area contributed by atoms with E-state index in [1.54, 1.807) is 0 Å². The lowest BCUT2D eigenvalue weighted by atomic mass is 9.78. The van der Waals surface area contributed by atoms with Crippen LogP contribution < -0.4 is 0 Å². The first-order valence-electron chi connectivity index (χ1n) is 6.73. The van der Waals surface area contributed by atoms with Crippen LogP contribution >= 0.6 is 27.5 Å². The van der Waals surface area contributed by atoms with Crippen LogP contribution in [0.3, 0.4) is 0 Å². The van der Waals surface area contributed by atoms with E-state index in [4.69, 9.17) is 11.6 Å². The Hall–Kier alpha value is -0.0200. The van der Waals surface area contributed by atoms with Gasteiger partial charge in [-0.15, -0.1) is 11.6 Å². The Balaban J connectivity index is 2.95. The second-order valence-corrected chi connectivity index (χ2v) is 6.30. The summed E-state index contributed by atoms with van der Waals surface area (Å²) in [6.07, 6.45) is 5.79. The molecule has 1 aromatic rings. The fourth-order valence-electron chi connectivity index (χ4n) is 2.38. The fourth-order valence-corrected chi connectivity index (χ4v) is 3.27. The van der Waals surface area contributed by atoms with Crippen molar-refractivity contribution in [3.8, 4) is 0 Å². The maximum Gasteiger partial charge on any atom is 0.0738 e. The molecular weight excluding hydrogens is 312 g/mol. The molecule has 0 radical (unpaired) electrons. The van der Waals surface area contributed by atoms with Gasteiger partial charge in [0.25, 0.3) is 0 Å². The first kappa shape index (κ1) is 16.0. The van der Waals surface area contributed by atoms with Gasteiger partial charge in [0.05, 0.1) is 15.9 Å². The van der Waals surface area contributed by atoms with E-state index in [2.05, 4.69) is 34.9 Å². The molecule has 0 aliphatic rings. The summed E-state index contributed by atoms with van der Waals surface area (Å²) in [5.74, 6) is 0.722. The lowest BCUT2D eigenvalue weighted by molar-refractivity contribution is 0.272. The van der Waals surface area contributed by atoms with E-state index in [1.807, 2.05) is 18.7 Å². The van der Waals surface area contributed by atoms with Crippen molar-refractivity contribution in [2.75, 3.05) is 5.88 Å². The van der Waals surface area contributed by atoms with E-state index in [0.717, 1.165) is 28.9 Å². The van der Waals surface area contributed by atoms with Crippen molar-refractivity contribution in [2.45, 2.75) is 52.9 Å². The molecule has 0 saturated heterocycles. The van der Waals surface area contributed by atoms with Crippen molar-refractivity contribution >= 4 is 27.5 Å². The van der Waals surface area contributed by atoms with Crippen molar-refractivity contribution in [2.24, 2.45) is 12.5 Å². The molecule has 0 aromatic carbocycles. The van der Waals surface area contributed by atoms with Gasteiger partial charge in [0.2, 0.25) is 0 Å². The Morgan fingerprint density at radius 3 is 2.44 bits per heavy atom. The molecule has 2 nitrogen and oxygen atoms in total. The molecule has 1 heterocycles. The van der Waals surface area contributed by atoms with Crippen LogP contribution in [0.4, 0.5) is 0 Å². The zero-order chi connectivity index (χ0) is 13.8. The smallest absolute Gasteiger partial charge is 0.0738 e. The van der Waals surface area contributed by atoms with Crippen molar-refractivity contribution in [1.82, 2.24) is 9.78 Å². The summed E-state index contributed by atoms with van der Waals surface area (Å²) in [4.78, 5) is 0. The van der Waals surface area contributed by atoms with Gasteiger partial charge in [-0.3, -0.25) is 4.68 Å². The maximum atomic E-state index is 6.28. The van der Waals surface area contributed by atoms with E-state index < -0.39 is 0 Å². The predicted octanol–water partition coefficient (Wildman–Crippen LogP) is 4.86. The van der Waals surface area contributed by atoms with Crippen LogP contribution in [-0.2, 0) is 13.5 Å². The van der Waals surface area contributed by atoms with Crippen molar-refractivity contribution in [3.63, 3.8) is 0 Å². The van der Waals surface area contributed by atoms with Gasteiger partial charge in [-0.1, -0.05) is 26.7 Å². The maximum absolute atomic E-state index is 6.28. The number of alkyl halides is 1. The normalized spacial score (nSPS) is 14.8. The Bertz CT molecular complexity index is 383. The number of hydrogen-bond donors (Lipinski definition) is 0. The lowest BCUT2D eigenvalue weighted by Gasteiger charge is -2.31. The minimum atomic E-state index is 0.209. The van der Waals surface area contributed by atoms with Crippen LogP contribution in [-0.4, -0.2) is 15.7 Å². The van der Waals surface area contributed by atoms with Crippen molar-refractivity contribution in [3.05, 3.63) is 15.9 Å². The summed E-state index contributed by atoms with van der Waals surface area (Å²) in [7, 11) is 2.02. The molecule has 1 atom stereocenters. The molecule has 0 spiro atoms. The summed E-state index contributed by atoms with van der Waals surface area (Å²) in [5.41, 5.74) is 2.54. The van der Waals surface area contributed by atoms with Crippen LogP contribution in [0.25, 0.3) is 0 Å². The molecule has 1 aromatic heterocycles. The number of halogens is 2. The Labute approximate surface area is 124 Å². The Morgan fingerprint density at radius 1 is 1.39 bits per heavy atom. The van der Waals surface area contributed by atoms with Crippen LogP contribution in [0, 0.1) is 12.3 Å². The molecular formula is C14H24BrClN2. The molecule has 0 aliphatic carbocycles. The van der Waals surface area contributed by atoms with Crippen LogP contribution in [0.15, 0.2) is 4.47 Å². The number of hydrogen-bond acceptors (Lipinski definition) is 1. The van der Waals surface area contributed by atoms with E-state index in [-0.39, 0.29) is 5.41 Å². The molecule has 4 heteroatoms. The first-order chi connectivity index (χ1) is 8.49. The third kappa shape index (κ3) is 3.51. The summed E-state index contributed by atoms with van der Waals surface area (Å²) in [5, 5.41) is 4.47. The SMILES string of the molecule is CCCCC(CC)(CCl)Cc1c(Br)c(C)nn1C. The monoisotopic (exact) mass is 334 g/mol. The predicted molar refractivity (Wildman–Crippen MR) is 82.3 cm³/mol. The van der Waals surface area contributed by atoms with Crippen molar-refractivity contribution in [1.29, 1.82) is 0 Å². The topological polar surface area (TPSA) is 17.8 Å². The third-order valence-electron chi connectivity index (χ3n) is 3.90. The Morgan fingerprint density at radius 2 is 2.06 bits per heavy atom. The third-order valence-corrected chi connectivity index (χ3v) is 5.50. The molecule has 104 valence electrons. The average molecular weight is 336 g/mol. The van der Waals surface area contributed by atoms with Crippen LogP contribution in [0.2, 0.25) is 0 Å². The van der Waals surface area contributed by atoms with Gasteiger partial charge in [0.15, 0.2) is 0 Å². The molecule has 0 N–H and O–H groups in total. The minimum absolute atomic E-state index is 0.209. The molecule has 1 rings (SSSR count). The molecule has 0 fully saturated rings. The van der Waals surface area contributed by atoms with Gasteiger partial charge in [-0.05, 0) is 47.5 Å². The van der Waals surface area contributed by atoms with E-state index in [1.165, 1.54) is 25.0 Å². The molecule has 18 heavy (non-hydrogen) atoms. The highest BCUT2D eigenvalue weighted by atomic mass is 79.9. The number of unbranched alkanes of at least 4 members (excludes halogenated alkanes) is 1. The minimum Gasteiger partial charge on any atom is -0.271 e. The van der Waals surface area contributed by atoms with Gasteiger partial charge in [-0.2, -0.15) is 5.10 Å². The summed E-state index contributed by atoms with van der Waals surface area (Å²) in [6, 6.07) is 0. The lowest BCUT2D eigenvalue weighted by Crippen LogP contribution is -2.26. The highest BCUT2D eigenvalue weighted by molar-refractivity contribution is 9.10. The number of nitrogens with zero attached hydrogens (tertiary/aromatic N) is 2. The molecule has 0 saturated carbocycles. The van der Waals surface area contributed by atoms with E-state index in [9.17, 15) is 0 Å².